The predicted molar refractivity (Wildman–Crippen MR) is 125 cm³/mol. The first-order chi connectivity index (χ1) is 16.8. The number of amides is 1. The molecule has 2 aromatic carbocycles. The van der Waals surface area contributed by atoms with Crippen molar-refractivity contribution in [2.45, 2.75) is 25.5 Å². The summed E-state index contributed by atoms with van der Waals surface area (Å²) in [6.07, 6.45) is 3.42. The van der Waals surface area contributed by atoms with Crippen LogP contribution in [0, 0.1) is 17.5 Å². The van der Waals surface area contributed by atoms with Crippen molar-refractivity contribution in [3.63, 3.8) is 0 Å². The summed E-state index contributed by atoms with van der Waals surface area (Å²) in [5.74, 6) is -3.50. The maximum atomic E-state index is 14.0. The van der Waals surface area contributed by atoms with Crippen LogP contribution in [0.1, 0.15) is 28.8 Å². The summed E-state index contributed by atoms with van der Waals surface area (Å²) < 4.78 is 47.5. The first kappa shape index (κ1) is 24.3. The number of carbonyl (C=O) groups is 1. The first-order valence-corrected chi connectivity index (χ1v) is 11.1. The van der Waals surface area contributed by atoms with Crippen LogP contribution in [0.4, 0.5) is 30.6 Å². The SMILES string of the molecule is CN1CCCC(Oc2ccc(Nc3ncc(C(N)=O)c(NCc4c(F)ccc(F)c4F)n3)cc2)C1. The first-order valence-electron chi connectivity index (χ1n) is 11.1. The third kappa shape index (κ3) is 5.99. The number of likely N-dealkylation sites (tertiary alicyclic amines) is 1. The number of anilines is 3. The summed E-state index contributed by atoms with van der Waals surface area (Å²) >= 11 is 0. The molecule has 4 N–H and O–H groups in total. The maximum absolute atomic E-state index is 14.0. The van der Waals surface area contributed by atoms with Gasteiger partial charge in [0.15, 0.2) is 11.6 Å². The van der Waals surface area contributed by atoms with Crippen molar-refractivity contribution >= 4 is 23.4 Å². The number of nitrogens with two attached hydrogens (primary N) is 1. The van der Waals surface area contributed by atoms with Gasteiger partial charge < -0.3 is 26.0 Å². The van der Waals surface area contributed by atoms with Crippen molar-refractivity contribution < 1.29 is 22.7 Å². The second kappa shape index (κ2) is 10.6. The number of ether oxygens (including phenoxy) is 1. The highest BCUT2D eigenvalue weighted by molar-refractivity contribution is 5.97. The summed E-state index contributed by atoms with van der Waals surface area (Å²) in [6.45, 7) is 1.48. The summed E-state index contributed by atoms with van der Waals surface area (Å²) in [5.41, 5.74) is 5.40. The fourth-order valence-electron chi connectivity index (χ4n) is 3.81. The molecular weight excluding hydrogens is 461 g/mol. The Bertz CT molecular complexity index is 1210. The van der Waals surface area contributed by atoms with Crippen molar-refractivity contribution in [2.24, 2.45) is 5.73 Å². The van der Waals surface area contributed by atoms with Crippen LogP contribution in [0.5, 0.6) is 5.75 Å². The van der Waals surface area contributed by atoms with E-state index in [-0.39, 0.29) is 23.4 Å². The topological polar surface area (TPSA) is 105 Å². The number of nitrogens with one attached hydrogen (secondary N) is 2. The lowest BCUT2D eigenvalue weighted by molar-refractivity contribution is 0.1000. The Morgan fingerprint density at radius 1 is 1.17 bits per heavy atom. The number of rotatable bonds is 8. The van der Waals surface area contributed by atoms with Gasteiger partial charge in [-0.15, -0.1) is 0 Å². The minimum Gasteiger partial charge on any atom is -0.489 e. The number of nitrogens with zero attached hydrogens (tertiary/aromatic N) is 3. The van der Waals surface area contributed by atoms with Crippen LogP contribution in [-0.2, 0) is 6.54 Å². The molecule has 0 radical (unpaired) electrons. The number of carbonyl (C=O) groups excluding carboxylic acids is 1. The van der Waals surface area contributed by atoms with Gasteiger partial charge in [0.25, 0.3) is 5.91 Å². The van der Waals surface area contributed by atoms with E-state index in [1.54, 1.807) is 12.1 Å². The third-order valence-corrected chi connectivity index (χ3v) is 5.62. The molecule has 2 heterocycles. The van der Waals surface area contributed by atoms with Crippen LogP contribution in [0.25, 0.3) is 0 Å². The van der Waals surface area contributed by atoms with Gasteiger partial charge in [-0.05, 0) is 62.8 Å². The Morgan fingerprint density at radius 2 is 1.91 bits per heavy atom. The quantitative estimate of drug-likeness (QED) is 0.416. The van der Waals surface area contributed by atoms with E-state index in [4.69, 9.17) is 10.5 Å². The van der Waals surface area contributed by atoms with Crippen LogP contribution < -0.4 is 21.1 Å². The normalized spacial score (nSPS) is 16.1. The van der Waals surface area contributed by atoms with Crippen molar-refractivity contribution in [1.29, 1.82) is 0 Å². The molecule has 1 aliphatic rings. The van der Waals surface area contributed by atoms with Crippen LogP contribution in [0.2, 0.25) is 0 Å². The molecule has 1 aliphatic heterocycles. The molecule has 4 rings (SSSR count). The minimum atomic E-state index is -1.33. The number of hydrogen-bond donors (Lipinski definition) is 3. The molecule has 11 heteroatoms. The Balaban J connectivity index is 1.46. The molecule has 184 valence electrons. The lowest BCUT2D eigenvalue weighted by atomic mass is 10.1. The summed E-state index contributed by atoms with van der Waals surface area (Å²) in [6, 6.07) is 8.74. The van der Waals surface area contributed by atoms with Gasteiger partial charge in [0, 0.05) is 30.5 Å². The average molecular weight is 486 g/mol. The van der Waals surface area contributed by atoms with E-state index in [0.717, 1.165) is 37.7 Å². The van der Waals surface area contributed by atoms with Gasteiger partial charge >= 0.3 is 0 Å². The van der Waals surface area contributed by atoms with E-state index in [0.29, 0.717) is 11.8 Å². The highest BCUT2D eigenvalue weighted by Crippen LogP contribution is 2.23. The Morgan fingerprint density at radius 3 is 2.63 bits per heavy atom. The van der Waals surface area contributed by atoms with Crippen LogP contribution in [-0.4, -0.2) is 47.0 Å². The Hall–Kier alpha value is -3.86. The molecule has 1 fully saturated rings. The molecule has 35 heavy (non-hydrogen) atoms. The second-order valence-electron chi connectivity index (χ2n) is 8.29. The molecule has 1 atom stereocenters. The van der Waals surface area contributed by atoms with Gasteiger partial charge in [0.05, 0.1) is 5.56 Å². The summed E-state index contributed by atoms with van der Waals surface area (Å²) in [4.78, 5) is 22.3. The van der Waals surface area contributed by atoms with E-state index < -0.39 is 35.5 Å². The number of halogens is 3. The number of benzene rings is 2. The fourth-order valence-corrected chi connectivity index (χ4v) is 3.81. The smallest absolute Gasteiger partial charge is 0.254 e. The van der Waals surface area contributed by atoms with Gasteiger partial charge in [-0.2, -0.15) is 4.98 Å². The van der Waals surface area contributed by atoms with Gasteiger partial charge in [-0.1, -0.05) is 0 Å². The van der Waals surface area contributed by atoms with Crippen LogP contribution in [0.3, 0.4) is 0 Å². The molecular formula is C24H25F3N6O2. The lowest BCUT2D eigenvalue weighted by Gasteiger charge is -2.30. The average Bonchev–Trinajstić information content (AvgIpc) is 2.83. The molecule has 1 saturated heterocycles. The minimum absolute atomic E-state index is 0.0561. The van der Waals surface area contributed by atoms with E-state index in [9.17, 15) is 18.0 Å². The van der Waals surface area contributed by atoms with E-state index >= 15 is 0 Å². The zero-order chi connectivity index (χ0) is 24.9. The van der Waals surface area contributed by atoms with Crippen LogP contribution in [0.15, 0.2) is 42.6 Å². The van der Waals surface area contributed by atoms with E-state index in [2.05, 4.69) is 32.5 Å². The molecule has 8 nitrogen and oxygen atoms in total. The predicted octanol–water partition coefficient (Wildman–Crippen LogP) is 3.82. The monoisotopic (exact) mass is 486 g/mol. The molecule has 1 amide bonds. The largest absolute Gasteiger partial charge is 0.489 e. The zero-order valence-electron chi connectivity index (χ0n) is 19.0. The second-order valence-corrected chi connectivity index (χ2v) is 8.29. The van der Waals surface area contributed by atoms with Crippen molar-refractivity contribution in [3.05, 3.63) is 71.2 Å². The Kier molecular flexibility index (Phi) is 7.35. The van der Waals surface area contributed by atoms with Gasteiger partial charge in [0.1, 0.15) is 23.5 Å². The van der Waals surface area contributed by atoms with Crippen LogP contribution >= 0.6 is 0 Å². The number of piperidine rings is 1. The lowest BCUT2D eigenvalue weighted by Crippen LogP contribution is -2.38. The number of hydrogen-bond acceptors (Lipinski definition) is 7. The standard InChI is InChI=1S/C24H25F3N6O2/c1-33-10-2-3-16(13-33)35-15-6-4-14(5-7-15)31-24-30-12-18(22(28)34)23(32-24)29-11-17-19(25)8-9-20(26)21(17)27/h4-9,12,16H,2-3,10-11,13H2,1H3,(H2,28,34)(H2,29,30,31,32). The molecule has 0 spiro atoms. The Labute approximate surface area is 200 Å². The summed E-state index contributed by atoms with van der Waals surface area (Å²) in [7, 11) is 2.07. The molecule has 0 aliphatic carbocycles. The van der Waals surface area contributed by atoms with Gasteiger partial charge in [-0.25, -0.2) is 18.2 Å². The number of likely N-dealkylation sites (N-methyl/N-ethyl adjacent to an activating group) is 1. The van der Waals surface area contributed by atoms with Gasteiger partial charge in [0.2, 0.25) is 5.95 Å². The maximum Gasteiger partial charge on any atom is 0.254 e. The number of primary amides is 1. The molecule has 3 aromatic rings. The molecule has 1 unspecified atom stereocenters. The highest BCUT2D eigenvalue weighted by atomic mass is 19.2. The van der Waals surface area contributed by atoms with E-state index in [1.807, 2.05) is 12.1 Å². The molecule has 0 saturated carbocycles. The van der Waals surface area contributed by atoms with Crippen molar-refractivity contribution in [3.8, 4) is 5.75 Å². The van der Waals surface area contributed by atoms with Crippen molar-refractivity contribution in [2.75, 3.05) is 30.8 Å². The van der Waals surface area contributed by atoms with E-state index in [1.165, 1.54) is 6.20 Å². The zero-order valence-corrected chi connectivity index (χ0v) is 19.0. The molecule has 1 aromatic heterocycles. The highest BCUT2D eigenvalue weighted by Gasteiger charge is 2.19. The fraction of sp³-hybridized carbons (Fsp3) is 0.292. The van der Waals surface area contributed by atoms with Gasteiger partial charge in [-0.3, -0.25) is 4.79 Å². The molecule has 0 bridgehead atoms. The summed E-state index contributed by atoms with van der Waals surface area (Å²) in [5, 5.41) is 5.63. The number of aromatic nitrogens is 2. The third-order valence-electron chi connectivity index (χ3n) is 5.62. The van der Waals surface area contributed by atoms with Crippen molar-refractivity contribution in [1.82, 2.24) is 14.9 Å².